The number of halogens is 1. The van der Waals surface area contributed by atoms with Gasteiger partial charge in [0.1, 0.15) is 0 Å². The summed E-state index contributed by atoms with van der Waals surface area (Å²) in [5.41, 5.74) is 0. The van der Waals surface area contributed by atoms with E-state index >= 15 is 0 Å². The minimum absolute atomic E-state index is 0.509. The average Bonchev–Trinajstić information content (AvgIpc) is 2.12. The molecule has 3 heteroatoms. The van der Waals surface area contributed by atoms with Crippen molar-refractivity contribution in [2.75, 3.05) is 0 Å². The van der Waals surface area contributed by atoms with Crippen molar-refractivity contribution < 1.29 is 0 Å². The molecule has 1 atom stereocenters. The van der Waals surface area contributed by atoms with Crippen molar-refractivity contribution in [3.63, 3.8) is 0 Å². The van der Waals surface area contributed by atoms with Crippen molar-refractivity contribution in [2.24, 2.45) is 0 Å². The Labute approximate surface area is 62.1 Å². The zero-order valence-electron chi connectivity index (χ0n) is 4.58. The first-order valence-electron chi connectivity index (χ1n) is 2.42. The van der Waals surface area contributed by atoms with Gasteiger partial charge in [-0.05, 0) is 6.92 Å². The van der Waals surface area contributed by atoms with Crippen LogP contribution in [0.1, 0.15) is 11.0 Å². The SMILES string of the molecule is CC(I)n1ccnc1. The fourth-order valence-corrected chi connectivity index (χ4v) is 0.809. The Morgan fingerprint density at radius 3 is 2.75 bits per heavy atom. The summed E-state index contributed by atoms with van der Waals surface area (Å²) < 4.78 is 2.55. The molecule has 2 nitrogen and oxygen atoms in total. The van der Waals surface area contributed by atoms with Crippen molar-refractivity contribution in [3.8, 4) is 0 Å². The molecule has 0 saturated carbocycles. The second kappa shape index (κ2) is 2.48. The Bertz CT molecular complexity index is 145. The van der Waals surface area contributed by atoms with E-state index in [1.807, 2.05) is 17.1 Å². The van der Waals surface area contributed by atoms with Gasteiger partial charge < -0.3 is 4.57 Å². The predicted octanol–water partition coefficient (Wildman–Crippen LogP) is 1.84. The monoisotopic (exact) mass is 222 g/mol. The highest BCUT2D eigenvalue weighted by molar-refractivity contribution is 14.1. The zero-order valence-corrected chi connectivity index (χ0v) is 6.74. The van der Waals surface area contributed by atoms with Gasteiger partial charge in [-0.1, -0.05) is 22.6 Å². The Hall–Kier alpha value is -0.0600. The molecule has 1 aromatic heterocycles. The van der Waals surface area contributed by atoms with Crippen molar-refractivity contribution in [2.45, 2.75) is 11.0 Å². The number of alkyl halides is 1. The van der Waals surface area contributed by atoms with E-state index in [-0.39, 0.29) is 0 Å². The molecule has 8 heavy (non-hydrogen) atoms. The maximum atomic E-state index is 3.90. The summed E-state index contributed by atoms with van der Waals surface area (Å²) in [6, 6.07) is 0. The zero-order chi connectivity index (χ0) is 5.98. The van der Waals surface area contributed by atoms with Gasteiger partial charge in [0.2, 0.25) is 0 Å². The van der Waals surface area contributed by atoms with Crippen LogP contribution in [-0.2, 0) is 0 Å². The molecule has 0 aliphatic heterocycles. The molecule has 1 unspecified atom stereocenters. The molecular weight excluding hydrogens is 215 g/mol. The smallest absolute Gasteiger partial charge is 0.0955 e. The molecular formula is C5H7IN2. The van der Waals surface area contributed by atoms with Crippen LogP contribution in [0.2, 0.25) is 0 Å². The van der Waals surface area contributed by atoms with E-state index < -0.39 is 0 Å². The van der Waals surface area contributed by atoms with Crippen LogP contribution < -0.4 is 0 Å². The van der Waals surface area contributed by atoms with E-state index in [1.54, 1.807) is 6.20 Å². The molecule has 1 rings (SSSR count). The number of rotatable bonds is 1. The van der Waals surface area contributed by atoms with Gasteiger partial charge in [0.25, 0.3) is 0 Å². The lowest BCUT2D eigenvalue weighted by molar-refractivity contribution is 0.768. The fourth-order valence-electron chi connectivity index (χ4n) is 0.480. The predicted molar refractivity (Wildman–Crippen MR) is 41.0 cm³/mol. The second-order valence-corrected chi connectivity index (χ2v) is 3.39. The topological polar surface area (TPSA) is 17.8 Å². The van der Waals surface area contributed by atoms with Crippen molar-refractivity contribution in [1.29, 1.82) is 0 Å². The maximum Gasteiger partial charge on any atom is 0.0955 e. The maximum absolute atomic E-state index is 3.90. The highest BCUT2D eigenvalue weighted by atomic mass is 127. The molecule has 0 saturated heterocycles. The van der Waals surface area contributed by atoms with Crippen LogP contribution in [0, 0.1) is 0 Å². The Kier molecular flexibility index (Phi) is 1.88. The van der Waals surface area contributed by atoms with Gasteiger partial charge in [0.05, 0.1) is 10.4 Å². The Balaban J connectivity index is 2.77. The minimum Gasteiger partial charge on any atom is -0.325 e. The molecule has 0 fully saturated rings. The van der Waals surface area contributed by atoms with Crippen LogP contribution in [0.25, 0.3) is 0 Å². The summed E-state index contributed by atoms with van der Waals surface area (Å²) in [7, 11) is 0. The summed E-state index contributed by atoms with van der Waals surface area (Å²) in [6.07, 6.45) is 5.56. The average molecular weight is 222 g/mol. The van der Waals surface area contributed by atoms with Gasteiger partial charge in [-0.3, -0.25) is 0 Å². The van der Waals surface area contributed by atoms with Crippen molar-refractivity contribution in [3.05, 3.63) is 18.7 Å². The highest BCUT2D eigenvalue weighted by Crippen LogP contribution is 2.11. The van der Waals surface area contributed by atoms with Gasteiger partial charge in [-0.15, -0.1) is 0 Å². The van der Waals surface area contributed by atoms with E-state index in [2.05, 4.69) is 34.5 Å². The molecule has 0 amide bonds. The molecule has 0 spiro atoms. The summed E-state index contributed by atoms with van der Waals surface area (Å²) >= 11 is 2.33. The molecule has 0 aliphatic rings. The van der Waals surface area contributed by atoms with E-state index in [4.69, 9.17) is 0 Å². The van der Waals surface area contributed by atoms with Gasteiger partial charge >= 0.3 is 0 Å². The van der Waals surface area contributed by atoms with E-state index in [0.717, 1.165) is 0 Å². The quantitative estimate of drug-likeness (QED) is 0.523. The number of imidazole rings is 1. The van der Waals surface area contributed by atoms with Gasteiger partial charge in [0.15, 0.2) is 0 Å². The van der Waals surface area contributed by atoms with Crippen LogP contribution in [-0.4, -0.2) is 9.55 Å². The Morgan fingerprint density at radius 2 is 2.50 bits per heavy atom. The van der Waals surface area contributed by atoms with Gasteiger partial charge in [-0.2, -0.15) is 0 Å². The number of hydrogen-bond acceptors (Lipinski definition) is 1. The van der Waals surface area contributed by atoms with E-state index in [1.165, 1.54) is 0 Å². The van der Waals surface area contributed by atoms with E-state index in [0.29, 0.717) is 4.05 Å². The molecule has 1 heterocycles. The van der Waals surface area contributed by atoms with Crippen LogP contribution in [0.4, 0.5) is 0 Å². The van der Waals surface area contributed by atoms with Crippen LogP contribution in [0.15, 0.2) is 18.7 Å². The lowest BCUT2D eigenvalue weighted by Crippen LogP contribution is -1.91. The first-order chi connectivity index (χ1) is 3.80. The van der Waals surface area contributed by atoms with Crippen LogP contribution >= 0.6 is 22.6 Å². The van der Waals surface area contributed by atoms with Crippen molar-refractivity contribution in [1.82, 2.24) is 9.55 Å². The Morgan fingerprint density at radius 1 is 1.75 bits per heavy atom. The molecule has 0 radical (unpaired) electrons. The van der Waals surface area contributed by atoms with Crippen LogP contribution in [0.5, 0.6) is 0 Å². The lowest BCUT2D eigenvalue weighted by Gasteiger charge is -2.00. The van der Waals surface area contributed by atoms with Crippen LogP contribution in [0.3, 0.4) is 0 Å². The largest absolute Gasteiger partial charge is 0.325 e. The third-order valence-electron chi connectivity index (χ3n) is 0.936. The third kappa shape index (κ3) is 1.21. The minimum atomic E-state index is 0.509. The molecule has 44 valence electrons. The van der Waals surface area contributed by atoms with Gasteiger partial charge in [-0.25, -0.2) is 4.98 Å². The summed E-state index contributed by atoms with van der Waals surface area (Å²) in [5.74, 6) is 0. The first-order valence-corrected chi connectivity index (χ1v) is 3.67. The molecule has 0 N–H and O–H groups in total. The summed E-state index contributed by atoms with van der Waals surface area (Å²) in [5, 5.41) is 0. The normalized spacial score (nSPS) is 13.8. The highest BCUT2D eigenvalue weighted by Gasteiger charge is 1.92. The molecule has 1 aromatic rings. The lowest BCUT2D eigenvalue weighted by atomic mass is 10.7. The van der Waals surface area contributed by atoms with Gasteiger partial charge in [0, 0.05) is 12.4 Å². The van der Waals surface area contributed by atoms with E-state index in [9.17, 15) is 0 Å². The van der Waals surface area contributed by atoms with Crippen molar-refractivity contribution >= 4 is 22.6 Å². The molecule has 0 aromatic carbocycles. The number of nitrogens with zero attached hydrogens (tertiary/aromatic N) is 2. The third-order valence-corrected chi connectivity index (χ3v) is 1.58. The standard InChI is InChI=1S/C5H7IN2/c1-5(6)8-3-2-7-4-8/h2-5H,1H3. The summed E-state index contributed by atoms with van der Waals surface area (Å²) in [4.78, 5) is 3.90. The number of hydrogen-bond donors (Lipinski definition) is 0. The molecule has 0 bridgehead atoms. The first kappa shape index (κ1) is 6.07. The number of aromatic nitrogens is 2. The fraction of sp³-hybridized carbons (Fsp3) is 0.400. The second-order valence-electron chi connectivity index (χ2n) is 1.58. The summed E-state index contributed by atoms with van der Waals surface area (Å²) in [6.45, 7) is 2.11. The molecule has 0 aliphatic carbocycles.